The van der Waals surface area contributed by atoms with Crippen molar-refractivity contribution in [3.63, 3.8) is 0 Å². The van der Waals surface area contributed by atoms with Crippen LogP contribution < -0.4 is 15.8 Å². The van der Waals surface area contributed by atoms with Gasteiger partial charge in [0, 0.05) is 49.1 Å². The summed E-state index contributed by atoms with van der Waals surface area (Å²) in [7, 11) is 1.56. The maximum absolute atomic E-state index is 15.1. The number of aryl methyl sites for hydroxylation is 1. The smallest absolute Gasteiger partial charge is 0.274 e. The van der Waals surface area contributed by atoms with E-state index in [1.54, 1.807) is 13.2 Å². The molecule has 198 valence electrons. The molecule has 1 aliphatic heterocycles. The van der Waals surface area contributed by atoms with E-state index in [4.69, 9.17) is 0 Å². The molecule has 2 aromatic heterocycles. The van der Waals surface area contributed by atoms with Crippen LogP contribution in [-0.2, 0) is 37.8 Å². The van der Waals surface area contributed by atoms with Gasteiger partial charge < -0.3 is 24.5 Å². The van der Waals surface area contributed by atoms with Crippen LogP contribution in [0.2, 0.25) is 0 Å². The first-order chi connectivity index (χ1) is 18.1. The summed E-state index contributed by atoms with van der Waals surface area (Å²) in [6, 6.07) is 6.03. The van der Waals surface area contributed by atoms with Gasteiger partial charge in [-0.25, -0.2) is 4.39 Å². The SMILES string of the molecule is Cn1cc(-c2cc(F)cc(N3CCn4c(cc5c4CC(C)(C)C5)C3=O)c2CO)cc(NC(=O)C2CC2)c1=O. The number of hydrogen-bond donors (Lipinski definition) is 2. The van der Waals surface area contributed by atoms with Gasteiger partial charge in [-0.3, -0.25) is 14.4 Å². The minimum atomic E-state index is -0.567. The molecule has 6 rings (SSSR count). The van der Waals surface area contributed by atoms with Crippen molar-refractivity contribution in [3.8, 4) is 11.1 Å². The number of benzene rings is 1. The van der Waals surface area contributed by atoms with E-state index >= 15 is 4.39 Å². The molecule has 8 nitrogen and oxygen atoms in total. The number of nitrogens with zero attached hydrogens (tertiary/aromatic N) is 3. The lowest BCUT2D eigenvalue weighted by Crippen LogP contribution is -2.41. The lowest BCUT2D eigenvalue weighted by molar-refractivity contribution is -0.117. The van der Waals surface area contributed by atoms with E-state index in [1.807, 2.05) is 6.07 Å². The number of carbonyl (C=O) groups is 2. The summed E-state index contributed by atoms with van der Waals surface area (Å²) in [6.07, 6.45) is 4.95. The van der Waals surface area contributed by atoms with Gasteiger partial charge in [0.2, 0.25) is 5.91 Å². The van der Waals surface area contributed by atoms with Crippen molar-refractivity contribution in [3.05, 3.63) is 69.1 Å². The second-order valence-electron chi connectivity index (χ2n) is 11.6. The second-order valence-corrected chi connectivity index (χ2v) is 11.6. The van der Waals surface area contributed by atoms with E-state index in [0.717, 1.165) is 25.7 Å². The minimum absolute atomic E-state index is 0.0892. The number of nitrogens with one attached hydrogen (secondary N) is 1. The summed E-state index contributed by atoms with van der Waals surface area (Å²) in [5.74, 6) is -1.09. The Balaban J connectivity index is 1.40. The Bertz CT molecular complexity index is 1560. The summed E-state index contributed by atoms with van der Waals surface area (Å²) in [5.41, 5.74) is 4.35. The third-order valence-corrected chi connectivity index (χ3v) is 7.97. The maximum atomic E-state index is 15.1. The number of anilines is 2. The predicted molar refractivity (Wildman–Crippen MR) is 142 cm³/mol. The molecular weight excluding hydrogens is 487 g/mol. The van der Waals surface area contributed by atoms with E-state index in [0.29, 0.717) is 41.2 Å². The molecule has 0 unspecified atom stereocenters. The molecule has 1 fully saturated rings. The first-order valence-corrected chi connectivity index (χ1v) is 13.0. The zero-order chi connectivity index (χ0) is 26.9. The van der Waals surface area contributed by atoms with Gasteiger partial charge in [0.15, 0.2) is 0 Å². The number of hydrogen-bond acceptors (Lipinski definition) is 4. The second kappa shape index (κ2) is 8.66. The molecule has 3 aliphatic rings. The Kier molecular flexibility index (Phi) is 5.61. The number of rotatable bonds is 5. The molecule has 0 atom stereocenters. The molecule has 3 heterocycles. The third-order valence-electron chi connectivity index (χ3n) is 7.97. The van der Waals surface area contributed by atoms with E-state index in [9.17, 15) is 19.5 Å². The molecule has 0 bridgehead atoms. The highest BCUT2D eigenvalue weighted by Crippen LogP contribution is 2.41. The number of carbonyl (C=O) groups excluding carboxylic acids is 2. The molecule has 0 spiro atoms. The molecule has 9 heteroatoms. The summed E-state index contributed by atoms with van der Waals surface area (Å²) in [5, 5.41) is 13.1. The van der Waals surface area contributed by atoms with E-state index < -0.39 is 12.4 Å². The normalized spacial score (nSPS) is 17.9. The lowest BCUT2D eigenvalue weighted by atomic mass is 9.90. The average molecular weight is 519 g/mol. The monoisotopic (exact) mass is 518 g/mol. The van der Waals surface area contributed by atoms with Gasteiger partial charge in [0.05, 0.1) is 12.3 Å². The number of halogens is 1. The third kappa shape index (κ3) is 4.05. The molecule has 38 heavy (non-hydrogen) atoms. The summed E-state index contributed by atoms with van der Waals surface area (Å²) < 4.78 is 18.5. The molecule has 0 saturated heterocycles. The fourth-order valence-corrected chi connectivity index (χ4v) is 5.96. The van der Waals surface area contributed by atoms with Crippen molar-refractivity contribution in [1.82, 2.24) is 9.13 Å². The fraction of sp³-hybridized carbons (Fsp3) is 0.414. The van der Waals surface area contributed by atoms with Gasteiger partial charge in [-0.2, -0.15) is 0 Å². The van der Waals surface area contributed by atoms with Crippen LogP contribution in [0.5, 0.6) is 0 Å². The van der Waals surface area contributed by atoms with E-state index in [1.165, 1.54) is 38.9 Å². The number of aliphatic hydroxyl groups is 1. The van der Waals surface area contributed by atoms with Crippen molar-refractivity contribution < 1.29 is 19.1 Å². The first kappa shape index (κ1) is 24.6. The Morgan fingerprint density at radius 3 is 2.61 bits per heavy atom. The number of fused-ring (bicyclic) bond motifs is 3. The Morgan fingerprint density at radius 2 is 1.89 bits per heavy atom. The fourth-order valence-electron chi connectivity index (χ4n) is 5.96. The van der Waals surface area contributed by atoms with Gasteiger partial charge >= 0.3 is 0 Å². The number of aliphatic hydroxyl groups excluding tert-OH is 1. The topological polar surface area (TPSA) is 96.6 Å². The quantitative estimate of drug-likeness (QED) is 0.539. The Morgan fingerprint density at radius 1 is 1.13 bits per heavy atom. The van der Waals surface area contributed by atoms with Crippen molar-refractivity contribution in [2.45, 2.75) is 52.7 Å². The van der Waals surface area contributed by atoms with Crippen LogP contribution in [0.25, 0.3) is 11.1 Å². The van der Waals surface area contributed by atoms with Crippen LogP contribution >= 0.6 is 0 Å². The molecule has 2 amide bonds. The Hall–Kier alpha value is -3.72. The number of amides is 2. The van der Waals surface area contributed by atoms with Gasteiger partial charge in [0.1, 0.15) is 17.2 Å². The predicted octanol–water partition coefficient (Wildman–Crippen LogP) is 3.62. The zero-order valence-corrected chi connectivity index (χ0v) is 21.8. The number of aromatic nitrogens is 2. The van der Waals surface area contributed by atoms with E-state index in [-0.39, 0.29) is 34.4 Å². The van der Waals surface area contributed by atoms with Crippen molar-refractivity contribution in [2.75, 3.05) is 16.8 Å². The maximum Gasteiger partial charge on any atom is 0.274 e. The lowest BCUT2D eigenvalue weighted by Gasteiger charge is -2.32. The van der Waals surface area contributed by atoms with E-state index in [2.05, 4.69) is 23.7 Å². The highest BCUT2D eigenvalue weighted by atomic mass is 19.1. The largest absolute Gasteiger partial charge is 0.392 e. The Labute approximate surface area is 219 Å². The van der Waals surface area contributed by atoms with Crippen LogP contribution in [0.15, 0.2) is 35.3 Å². The highest BCUT2D eigenvalue weighted by Gasteiger charge is 2.37. The van der Waals surface area contributed by atoms with Gasteiger partial charge in [-0.05, 0) is 66.5 Å². The van der Waals surface area contributed by atoms with Gasteiger partial charge in [0.25, 0.3) is 11.5 Å². The molecule has 1 saturated carbocycles. The van der Waals surface area contributed by atoms with Crippen LogP contribution in [0.1, 0.15) is 54.0 Å². The van der Waals surface area contributed by atoms with Crippen LogP contribution in [0.4, 0.5) is 15.8 Å². The van der Waals surface area contributed by atoms with Crippen LogP contribution in [0.3, 0.4) is 0 Å². The van der Waals surface area contributed by atoms with Crippen molar-refractivity contribution in [2.24, 2.45) is 18.4 Å². The van der Waals surface area contributed by atoms with Crippen LogP contribution in [-0.4, -0.2) is 32.6 Å². The summed E-state index contributed by atoms with van der Waals surface area (Å²) in [4.78, 5) is 40.2. The molecule has 1 aromatic carbocycles. The highest BCUT2D eigenvalue weighted by molar-refractivity contribution is 6.07. The summed E-state index contributed by atoms with van der Waals surface area (Å²) in [6.45, 7) is 4.94. The minimum Gasteiger partial charge on any atom is -0.392 e. The van der Waals surface area contributed by atoms with Crippen LogP contribution in [0, 0.1) is 17.2 Å². The first-order valence-electron chi connectivity index (χ1n) is 13.0. The molecule has 3 aromatic rings. The van der Waals surface area contributed by atoms with Gasteiger partial charge in [-0.15, -0.1) is 0 Å². The average Bonchev–Trinajstić information content (AvgIpc) is 3.60. The van der Waals surface area contributed by atoms with Crippen molar-refractivity contribution in [1.29, 1.82) is 0 Å². The van der Waals surface area contributed by atoms with Crippen molar-refractivity contribution >= 4 is 23.2 Å². The molecular formula is C29H31FN4O4. The molecule has 2 N–H and O–H groups in total. The van der Waals surface area contributed by atoms with Gasteiger partial charge in [-0.1, -0.05) is 13.8 Å². The molecule has 2 aliphatic carbocycles. The summed E-state index contributed by atoms with van der Waals surface area (Å²) >= 11 is 0. The standard InChI is InChI=1S/C29H31FN4O4/c1-29(2)12-17-9-24-28(38)34(7-6-33(24)25(17)13-29)23-11-19(30)10-20(21(23)15-35)18-8-22(27(37)32(3)14-18)31-26(36)16-4-5-16/h8-11,14,16,35H,4-7,12-13,15H2,1-3H3,(H,31,36). The number of pyridine rings is 1. The molecule has 0 radical (unpaired) electrons. The zero-order valence-electron chi connectivity index (χ0n) is 21.8.